The standard InChI is InChI=1S/C31H23ClN4O7/c32-27-24-22(16-34-35-27)36(18-33-24)28-26(43-31(39)21-14-8-3-9-15-21)25(42-30(38)20-12-6-2-7-13-20)23(41-28)17-40-29(37)19-10-4-1-5-11-19/h1-16,18,23,25-26,28H,17H2/t23-,25-,26-,28-/m1/s1. The van der Waals surface area contributed by atoms with E-state index in [-0.39, 0.29) is 22.9 Å². The zero-order valence-electron chi connectivity index (χ0n) is 22.4. The number of hydrogen-bond acceptors (Lipinski definition) is 10. The fourth-order valence-corrected chi connectivity index (χ4v) is 4.91. The molecule has 0 unspecified atom stereocenters. The lowest BCUT2D eigenvalue weighted by Crippen LogP contribution is -2.41. The highest BCUT2D eigenvalue weighted by atomic mass is 35.5. The molecule has 216 valence electrons. The van der Waals surface area contributed by atoms with Crippen LogP contribution in [0.15, 0.2) is 104 Å². The number of esters is 3. The minimum atomic E-state index is -1.20. The molecule has 43 heavy (non-hydrogen) atoms. The van der Waals surface area contributed by atoms with Gasteiger partial charge < -0.3 is 18.9 Å². The summed E-state index contributed by atoms with van der Waals surface area (Å²) in [6, 6.07) is 25.1. The Morgan fingerprint density at radius 1 is 0.767 bits per heavy atom. The number of carbonyl (C=O) groups is 3. The number of rotatable bonds is 8. The molecule has 12 heteroatoms. The van der Waals surface area contributed by atoms with E-state index >= 15 is 0 Å². The third-order valence-electron chi connectivity index (χ3n) is 6.81. The van der Waals surface area contributed by atoms with Gasteiger partial charge in [-0.05, 0) is 36.4 Å². The van der Waals surface area contributed by atoms with Crippen LogP contribution in [-0.4, -0.2) is 62.6 Å². The van der Waals surface area contributed by atoms with Crippen LogP contribution < -0.4 is 0 Å². The number of imidazole rings is 1. The highest BCUT2D eigenvalue weighted by Crippen LogP contribution is 2.37. The third kappa shape index (κ3) is 5.94. The van der Waals surface area contributed by atoms with Crippen molar-refractivity contribution in [2.24, 2.45) is 0 Å². The van der Waals surface area contributed by atoms with Crippen LogP contribution >= 0.6 is 11.6 Å². The number of aromatic nitrogens is 4. The molecule has 0 N–H and O–H groups in total. The van der Waals surface area contributed by atoms with E-state index in [1.807, 2.05) is 0 Å². The lowest BCUT2D eigenvalue weighted by molar-refractivity contribution is -0.0604. The number of nitrogens with zero attached hydrogens (tertiary/aromatic N) is 4. The lowest BCUT2D eigenvalue weighted by atomic mass is 10.1. The molecule has 6 rings (SSSR count). The first kappa shape index (κ1) is 28.0. The molecule has 0 spiro atoms. The first-order chi connectivity index (χ1) is 21.0. The molecule has 0 aliphatic carbocycles. The average molecular weight is 599 g/mol. The van der Waals surface area contributed by atoms with Gasteiger partial charge in [0.2, 0.25) is 0 Å². The quantitative estimate of drug-likeness (QED) is 0.183. The van der Waals surface area contributed by atoms with E-state index in [0.29, 0.717) is 16.6 Å². The van der Waals surface area contributed by atoms with Crippen molar-refractivity contribution in [1.29, 1.82) is 0 Å². The molecule has 2 aromatic heterocycles. The second-order valence-electron chi connectivity index (χ2n) is 9.52. The fourth-order valence-electron chi connectivity index (χ4n) is 4.72. The maximum atomic E-state index is 13.3. The average Bonchev–Trinajstić information content (AvgIpc) is 3.63. The molecular weight excluding hydrogens is 576 g/mol. The van der Waals surface area contributed by atoms with Crippen LogP contribution in [0.2, 0.25) is 5.15 Å². The van der Waals surface area contributed by atoms with Gasteiger partial charge >= 0.3 is 17.9 Å². The molecular formula is C31H23ClN4O7. The van der Waals surface area contributed by atoms with Gasteiger partial charge in [0, 0.05) is 0 Å². The minimum absolute atomic E-state index is 0.0625. The van der Waals surface area contributed by atoms with Crippen LogP contribution in [0.25, 0.3) is 11.0 Å². The Kier molecular flexibility index (Phi) is 8.07. The summed E-state index contributed by atoms with van der Waals surface area (Å²) in [4.78, 5) is 43.7. The Morgan fingerprint density at radius 3 is 1.88 bits per heavy atom. The van der Waals surface area contributed by atoms with Crippen LogP contribution in [0, 0.1) is 0 Å². The number of hydrogen-bond donors (Lipinski definition) is 0. The summed E-state index contributed by atoms with van der Waals surface area (Å²) in [7, 11) is 0. The van der Waals surface area contributed by atoms with Gasteiger partial charge in [-0.25, -0.2) is 19.4 Å². The van der Waals surface area contributed by atoms with Gasteiger partial charge in [-0.15, -0.1) is 5.10 Å². The van der Waals surface area contributed by atoms with E-state index in [4.69, 9.17) is 30.5 Å². The van der Waals surface area contributed by atoms with Gasteiger partial charge in [-0.2, -0.15) is 5.10 Å². The van der Waals surface area contributed by atoms with Gasteiger partial charge in [0.15, 0.2) is 23.6 Å². The van der Waals surface area contributed by atoms with Crippen molar-refractivity contribution in [2.45, 2.75) is 24.5 Å². The van der Waals surface area contributed by atoms with Crippen molar-refractivity contribution >= 4 is 40.5 Å². The second kappa shape index (κ2) is 12.4. The molecule has 3 aromatic carbocycles. The van der Waals surface area contributed by atoms with E-state index in [1.54, 1.807) is 95.6 Å². The fraction of sp³-hybridized carbons (Fsp3) is 0.161. The Bertz CT molecular complexity index is 1750. The van der Waals surface area contributed by atoms with E-state index in [2.05, 4.69) is 15.2 Å². The molecule has 0 saturated carbocycles. The molecule has 0 bridgehead atoms. The molecule has 1 aliphatic rings. The molecule has 5 aromatic rings. The predicted octanol–water partition coefficient (Wildman–Crippen LogP) is 4.69. The zero-order chi connectivity index (χ0) is 29.8. The van der Waals surface area contributed by atoms with Gasteiger partial charge in [-0.1, -0.05) is 66.2 Å². The summed E-state index contributed by atoms with van der Waals surface area (Å²) < 4.78 is 25.4. The van der Waals surface area contributed by atoms with Gasteiger partial charge in [-0.3, -0.25) is 4.57 Å². The maximum absolute atomic E-state index is 13.3. The van der Waals surface area contributed by atoms with Crippen LogP contribution in [0.4, 0.5) is 0 Å². The molecule has 3 heterocycles. The topological polar surface area (TPSA) is 132 Å². The third-order valence-corrected chi connectivity index (χ3v) is 7.06. The SMILES string of the molecule is O=C(OC[C@H]1O[C@@H](n2cnc3c(Cl)nncc32)[C@H](OC(=O)c2ccccc2)[C@@H]1OC(=O)c1ccccc1)c1ccccc1. The summed E-state index contributed by atoms with van der Waals surface area (Å²) in [5.74, 6) is -1.96. The second-order valence-corrected chi connectivity index (χ2v) is 9.88. The Labute approximate surface area is 249 Å². The van der Waals surface area contributed by atoms with E-state index in [1.165, 1.54) is 12.5 Å². The molecule has 0 radical (unpaired) electrons. The first-order valence-electron chi connectivity index (χ1n) is 13.2. The molecule has 11 nitrogen and oxygen atoms in total. The van der Waals surface area contributed by atoms with Crippen LogP contribution in [0.1, 0.15) is 37.3 Å². The largest absolute Gasteiger partial charge is 0.459 e. The van der Waals surface area contributed by atoms with Gasteiger partial charge in [0.25, 0.3) is 0 Å². The Morgan fingerprint density at radius 2 is 1.30 bits per heavy atom. The van der Waals surface area contributed by atoms with Crippen molar-refractivity contribution in [3.05, 3.63) is 125 Å². The summed E-state index contributed by atoms with van der Waals surface area (Å²) in [6.45, 7) is -0.316. The minimum Gasteiger partial charge on any atom is -0.459 e. The van der Waals surface area contributed by atoms with Crippen molar-refractivity contribution in [3.63, 3.8) is 0 Å². The summed E-state index contributed by atoms with van der Waals surface area (Å²) in [5, 5.41) is 7.79. The summed E-state index contributed by atoms with van der Waals surface area (Å²) >= 11 is 6.21. The highest BCUT2D eigenvalue weighted by molar-refractivity contribution is 6.33. The maximum Gasteiger partial charge on any atom is 0.338 e. The smallest absolute Gasteiger partial charge is 0.338 e. The monoisotopic (exact) mass is 598 g/mol. The molecule has 0 amide bonds. The van der Waals surface area contributed by atoms with Crippen molar-refractivity contribution in [3.8, 4) is 0 Å². The number of ether oxygens (including phenoxy) is 4. The van der Waals surface area contributed by atoms with E-state index < -0.39 is 42.4 Å². The lowest BCUT2D eigenvalue weighted by Gasteiger charge is -2.25. The molecule has 1 fully saturated rings. The van der Waals surface area contributed by atoms with Crippen molar-refractivity contribution in [2.75, 3.05) is 6.61 Å². The number of carbonyl (C=O) groups excluding carboxylic acids is 3. The summed E-state index contributed by atoms with van der Waals surface area (Å²) in [5.41, 5.74) is 1.65. The van der Waals surface area contributed by atoms with Crippen molar-refractivity contribution < 1.29 is 33.3 Å². The molecule has 1 aliphatic heterocycles. The van der Waals surface area contributed by atoms with Crippen LogP contribution in [0.3, 0.4) is 0 Å². The normalized spacial score (nSPS) is 19.6. The Balaban J connectivity index is 1.37. The number of halogens is 1. The van der Waals surface area contributed by atoms with Gasteiger partial charge in [0.1, 0.15) is 18.2 Å². The van der Waals surface area contributed by atoms with Crippen LogP contribution in [-0.2, 0) is 18.9 Å². The van der Waals surface area contributed by atoms with E-state index in [0.717, 1.165) is 0 Å². The van der Waals surface area contributed by atoms with E-state index in [9.17, 15) is 14.4 Å². The molecule has 4 atom stereocenters. The van der Waals surface area contributed by atoms with Gasteiger partial charge in [0.05, 0.1) is 34.7 Å². The predicted molar refractivity (Wildman–Crippen MR) is 152 cm³/mol. The Hall–Kier alpha value is -5.13. The van der Waals surface area contributed by atoms with Crippen LogP contribution in [0.5, 0.6) is 0 Å². The first-order valence-corrected chi connectivity index (χ1v) is 13.6. The molecule has 1 saturated heterocycles. The highest BCUT2D eigenvalue weighted by Gasteiger charge is 2.51. The van der Waals surface area contributed by atoms with Crippen molar-refractivity contribution in [1.82, 2.24) is 19.7 Å². The zero-order valence-corrected chi connectivity index (χ0v) is 23.1. The number of benzene rings is 3. The summed E-state index contributed by atoms with van der Waals surface area (Å²) in [6.07, 6.45) is -1.65. The number of fused-ring (bicyclic) bond motifs is 1.